The van der Waals surface area contributed by atoms with E-state index in [9.17, 15) is 13.2 Å². The molecule has 1 N–H and O–H groups in total. The van der Waals surface area contributed by atoms with Crippen LogP contribution in [0.15, 0.2) is 18.2 Å². The fourth-order valence-corrected chi connectivity index (χ4v) is 2.96. The summed E-state index contributed by atoms with van der Waals surface area (Å²) >= 11 is 0. The summed E-state index contributed by atoms with van der Waals surface area (Å²) in [6.07, 6.45) is 0.503. The van der Waals surface area contributed by atoms with E-state index in [1.807, 2.05) is 40.7 Å². The van der Waals surface area contributed by atoms with Crippen LogP contribution < -0.4 is 4.72 Å². The second-order valence-corrected chi connectivity index (χ2v) is 8.20. The largest absolute Gasteiger partial charge is 0.268 e. The van der Waals surface area contributed by atoms with Gasteiger partial charge in [0.15, 0.2) is 0 Å². The van der Waals surface area contributed by atoms with Gasteiger partial charge >= 0.3 is 0 Å². The topological polar surface area (TPSA) is 63.2 Å². The maximum Gasteiger partial charge on any atom is 0.264 e. The molecule has 1 aromatic carbocycles. The van der Waals surface area contributed by atoms with Gasteiger partial charge in [0.05, 0.1) is 5.75 Å². The van der Waals surface area contributed by atoms with Crippen LogP contribution in [-0.2, 0) is 10.0 Å². The van der Waals surface area contributed by atoms with Gasteiger partial charge in [-0.05, 0) is 48.9 Å². The summed E-state index contributed by atoms with van der Waals surface area (Å²) in [4.78, 5) is 12.0. The molecule has 0 bridgehead atoms. The molecule has 0 saturated heterocycles. The first-order valence-corrected chi connectivity index (χ1v) is 8.27. The lowest BCUT2D eigenvalue weighted by molar-refractivity contribution is 0.0981. The fraction of sp³-hybridized carbons (Fsp3) is 0.533. The molecule has 1 aromatic rings. The van der Waals surface area contributed by atoms with Crippen molar-refractivity contribution in [1.82, 2.24) is 4.72 Å². The summed E-state index contributed by atoms with van der Waals surface area (Å²) in [7, 11) is -3.58. The number of nitrogens with one attached hydrogen (secondary N) is 1. The van der Waals surface area contributed by atoms with Crippen LogP contribution in [0.4, 0.5) is 0 Å². The third kappa shape index (κ3) is 5.33. The van der Waals surface area contributed by atoms with Crippen molar-refractivity contribution < 1.29 is 13.2 Å². The molecule has 0 radical (unpaired) electrons. The maximum absolute atomic E-state index is 12.0. The predicted octanol–water partition coefficient (Wildman–Crippen LogP) is 2.80. The van der Waals surface area contributed by atoms with Crippen molar-refractivity contribution in [2.75, 3.05) is 5.75 Å². The highest BCUT2D eigenvalue weighted by atomic mass is 32.2. The van der Waals surface area contributed by atoms with Gasteiger partial charge in [0, 0.05) is 5.56 Å². The Morgan fingerprint density at radius 3 is 2.25 bits per heavy atom. The molecule has 1 amide bonds. The van der Waals surface area contributed by atoms with Crippen LogP contribution in [-0.4, -0.2) is 20.1 Å². The third-order valence-electron chi connectivity index (χ3n) is 3.14. The molecule has 0 aliphatic rings. The van der Waals surface area contributed by atoms with Crippen molar-refractivity contribution in [3.63, 3.8) is 0 Å². The first-order chi connectivity index (χ1) is 9.00. The standard InChI is InChI=1S/C15H23NO3S/c1-11-6-7-13(10-12(11)2)14(17)16-20(18,19)9-8-15(3,4)5/h6-7,10H,8-9H2,1-5H3,(H,16,17). The number of carbonyl (C=O) groups is 1. The van der Waals surface area contributed by atoms with Crippen molar-refractivity contribution in [3.05, 3.63) is 34.9 Å². The van der Waals surface area contributed by atoms with Gasteiger partial charge < -0.3 is 0 Å². The van der Waals surface area contributed by atoms with Gasteiger partial charge in [0.2, 0.25) is 10.0 Å². The van der Waals surface area contributed by atoms with E-state index in [4.69, 9.17) is 0 Å². The number of benzene rings is 1. The van der Waals surface area contributed by atoms with E-state index < -0.39 is 15.9 Å². The van der Waals surface area contributed by atoms with Crippen molar-refractivity contribution >= 4 is 15.9 Å². The van der Waals surface area contributed by atoms with E-state index in [0.717, 1.165) is 11.1 Å². The van der Waals surface area contributed by atoms with Crippen LogP contribution >= 0.6 is 0 Å². The molecule has 0 fully saturated rings. The molecular formula is C15H23NO3S. The molecule has 0 aromatic heterocycles. The zero-order valence-corrected chi connectivity index (χ0v) is 13.6. The number of aryl methyl sites for hydroxylation is 2. The molecule has 112 valence electrons. The SMILES string of the molecule is Cc1ccc(C(=O)NS(=O)(=O)CCC(C)(C)C)cc1C. The van der Waals surface area contributed by atoms with E-state index in [2.05, 4.69) is 4.72 Å². The molecule has 4 nitrogen and oxygen atoms in total. The average molecular weight is 297 g/mol. The Labute approximate surface area is 121 Å². The summed E-state index contributed by atoms with van der Waals surface area (Å²) in [5.74, 6) is -0.616. The Kier molecular flexibility index (Phi) is 4.97. The average Bonchev–Trinajstić information content (AvgIpc) is 2.29. The molecule has 0 spiro atoms. The minimum atomic E-state index is -3.58. The zero-order chi connectivity index (χ0) is 15.6. The van der Waals surface area contributed by atoms with Crippen molar-refractivity contribution in [2.45, 2.75) is 41.0 Å². The molecule has 5 heteroatoms. The van der Waals surface area contributed by atoms with Gasteiger partial charge in [0.1, 0.15) is 0 Å². The summed E-state index contributed by atoms with van der Waals surface area (Å²) in [5, 5.41) is 0. The second-order valence-electron chi connectivity index (χ2n) is 6.36. The number of rotatable bonds is 4. The van der Waals surface area contributed by atoms with E-state index >= 15 is 0 Å². The van der Waals surface area contributed by atoms with E-state index in [0.29, 0.717) is 12.0 Å². The normalized spacial score (nSPS) is 12.2. The lowest BCUT2D eigenvalue weighted by Crippen LogP contribution is -2.33. The molecule has 0 heterocycles. The highest BCUT2D eigenvalue weighted by Crippen LogP contribution is 2.19. The van der Waals surface area contributed by atoms with E-state index in [-0.39, 0.29) is 11.2 Å². The maximum atomic E-state index is 12.0. The van der Waals surface area contributed by atoms with Gasteiger partial charge in [-0.1, -0.05) is 26.8 Å². The smallest absolute Gasteiger partial charge is 0.264 e. The van der Waals surface area contributed by atoms with Crippen molar-refractivity contribution in [1.29, 1.82) is 0 Å². The molecule has 0 atom stereocenters. The van der Waals surface area contributed by atoms with Gasteiger partial charge in [-0.2, -0.15) is 0 Å². The first-order valence-electron chi connectivity index (χ1n) is 6.62. The Bertz CT molecular complexity index is 598. The first kappa shape index (κ1) is 16.7. The fourth-order valence-electron chi connectivity index (χ4n) is 1.57. The zero-order valence-electron chi connectivity index (χ0n) is 12.8. The molecule has 0 saturated carbocycles. The van der Waals surface area contributed by atoms with E-state index in [1.165, 1.54) is 0 Å². The van der Waals surface area contributed by atoms with E-state index in [1.54, 1.807) is 12.1 Å². The summed E-state index contributed by atoms with van der Waals surface area (Å²) in [6, 6.07) is 5.15. The molecular weight excluding hydrogens is 274 g/mol. The van der Waals surface area contributed by atoms with Crippen LogP contribution in [0.1, 0.15) is 48.7 Å². The van der Waals surface area contributed by atoms with Gasteiger partial charge in [0.25, 0.3) is 5.91 Å². The number of hydrogen-bond acceptors (Lipinski definition) is 3. The lowest BCUT2D eigenvalue weighted by atomic mass is 9.94. The van der Waals surface area contributed by atoms with Crippen LogP contribution in [0.5, 0.6) is 0 Å². The quantitative estimate of drug-likeness (QED) is 0.929. The molecule has 1 rings (SSSR count). The molecule has 0 aliphatic carbocycles. The monoisotopic (exact) mass is 297 g/mol. The number of sulfonamides is 1. The third-order valence-corrected chi connectivity index (χ3v) is 4.38. The van der Waals surface area contributed by atoms with Crippen LogP contribution in [0, 0.1) is 19.3 Å². The van der Waals surface area contributed by atoms with Gasteiger partial charge in [-0.15, -0.1) is 0 Å². The van der Waals surface area contributed by atoms with Gasteiger partial charge in [-0.25, -0.2) is 13.1 Å². The van der Waals surface area contributed by atoms with Crippen LogP contribution in [0.3, 0.4) is 0 Å². The Morgan fingerprint density at radius 2 is 1.75 bits per heavy atom. The Balaban J connectivity index is 2.76. The Hall–Kier alpha value is -1.36. The summed E-state index contributed by atoms with van der Waals surface area (Å²) < 4.78 is 25.9. The van der Waals surface area contributed by atoms with Crippen molar-refractivity contribution in [2.24, 2.45) is 5.41 Å². The number of carbonyl (C=O) groups excluding carboxylic acids is 1. The summed E-state index contributed by atoms with van der Waals surface area (Å²) in [5.41, 5.74) is 2.31. The highest BCUT2D eigenvalue weighted by molar-refractivity contribution is 7.90. The second kappa shape index (κ2) is 5.95. The van der Waals surface area contributed by atoms with Gasteiger partial charge in [-0.3, -0.25) is 4.79 Å². The number of hydrogen-bond donors (Lipinski definition) is 1. The Morgan fingerprint density at radius 1 is 1.15 bits per heavy atom. The minimum absolute atomic E-state index is 0.0485. The molecule has 0 aliphatic heterocycles. The van der Waals surface area contributed by atoms with Crippen LogP contribution in [0.25, 0.3) is 0 Å². The molecule has 0 unspecified atom stereocenters. The summed E-state index contributed by atoms with van der Waals surface area (Å²) in [6.45, 7) is 9.73. The lowest BCUT2D eigenvalue weighted by Gasteiger charge is -2.17. The predicted molar refractivity (Wildman–Crippen MR) is 81.2 cm³/mol. The minimum Gasteiger partial charge on any atom is -0.268 e. The highest BCUT2D eigenvalue weighted by Gasteiger charge is 2.20. The molecule has 20 heavy (non-hydrogen) atoms. The van der Waals surface area contributed by atoms with Crippen LogP contribution in [0.2, 0.25) is 0 Å². The number of amides is 1. The van der Waals surface area contributed by atoms with Crippen molar-refractivity contribution in [3.8, 4) is 0 Å².